The topological polar surface area (TPSA) is 97.8 Å². The van der Waals surface area contributed by atoms with E-state index in [0.717, 1.165) is 5.56 Å². The van der Waals surface area contributed by atoms with Crippen molar-refractivity contribution in [2.45, 2.75) is 31.4 Å². The number of aliphatic carboxylic acids is 1. The number of hydrogen-bond donors (Lipinski definition) is 2. The summed E-state index contributed by atoms with van der Waals surface area (Å²) in [5.41, 5.74) is 0.596. The second-order valence-corrected chi connectivity index (χ2v) is 6.58. The van der Waals surface area contributed by atoms with Crippen LogP contribution >= 0.6 is 0 Å². The molecule has 27 heavy (non-hydrogen) atoms. The Morgan fingerprint density at radius 2 is 1.89 bits per heavy atom. The lowest BCUT2D eigenvalue weighted by atomic mass is 9.86. The Hall–Kier alpha value is -2.93. The number of pyridine rings is 1. The molecule has 1 saturated heterocycles. The highest BCUT2D eigenvalue weighted by atomic mass is 16.5. The number of carboxylic acids is 1. The minimum Gasteiger partial charge on any atom is -0.481 e. The number of hydrogen-bond acceptors (Lipinski definition) is 5. The summed E-state index contributed by atoms with van der Waals surface area (Å²) in [6.07, 6.45) is 2.24. The quantitative estimate of drug-likeness (QED) is 0.777. The maximum absolute atomic E-state index is 12.6. The van der Waals surface area contributed by atoms with Gasteiger partial charge in [-0.2, -0.15) is 0 Å². The summed E-state index contributed by atoms with van der Waals surface area (Å²) in [7, 11) is 0. The first-order valence-electron chi connectivity index (χ1n) is 8.81. The van der Waals surface area contributed by atoms with Gasteiger partial charge < -0.3 is 19.9 Å². The minimum absolute atomic E-state index is 0.131. The number of carboxylic acid groups (broad SMARTS) is 1. The standard InChI is InChI=1S/C20H22N2O5/c23-18(24)12-20(8-10-26-11-9-20)22-19(25)16-6-7-17(21-13-16)27-14-15-4-2-1-3-5-15/h1-7,13H,8-12,14H2,(H,22,25)(H,23,24). The fraction of sp³-hybridized carbons (Fsp3) is 0.350. The van der Waals surface area contributed by atoms with Crippen LogP contribution in [0.5, 0.6) is 5.88 Å². The van der Waals surface area contributed by atoms with Gasteiger partial charge in [-0.05, 0) is 24.5 Å². The zero-order valence-electron chi connectivity index (χ0n) is 14.9. The molecule has 1 aliphatic rings. The maximum Gasteiger partial charge on any atom is 0.305 e. The van der Waals surface area contributed by atoms with Gasteiger partial charge >= 0.3 is 5.97 Å². The highest BCUT2D eigenvalue weighted by Gasteiger charge is 2.36. The summed E-state index contributed by atoms with van der Waals surface area (Å²) >= 11 is 0. The van der Waals surface area contributed by atoms with Crippen molar-refractivity contribution in [1.82, 2.24) is 10.3 Å². The summed E-state index contributed by atoms with van der Waals surface area (Å²) in [6.45, 7) is 1.25. The smallest absolute Gasteiger partial charge is 0.305 e. The van der Waals surface area contributed by atoms with Gasteiger partial charge in [-0.25, -0.2) is 4.98 Å². The van der Waals surface area contributed by atoms with Crippen molar-refractivity contribution in [2.24, 2.45) is 0 Å². The summed E-state index contributed by atoms with van der Waals surface area (Å²) in [6, 6.07) is 13.0. The molecule has 7 heteroatoms. The summed E-state index contributed by atoms with van der Waals surface area (Å²) < 4.78 is 10.9. The van der Waals surface area contributed by atoms with Crippen LogP contribution in [0, 0.1) is 0 Å². The molecule has 0 bridgehead atoms. The largest absolute Gasteiger partial charge is 0.481 e. The second kappa shape index (κ2) is 8.64. The Morgan fingerprint density at radius 3 is 2.52 bits per heavy atom. The molecule has 0 saturated carbocycles. The van der Waals surface area contributed by atoms with Crippen molar-refractivity contribution in [3.63, 3.8) is 0 Å². The Morgan fingerprint density at radius 1 is 1.15 bits per heavy atom. The number of aromatic nitrogens is 1. The normalized spacial score (nSPS) is 15.7. The van der Waals surface area contributed by atoms with Gasteiger partial charge in [0.15, 0.2) is 0 Å². The van der Waals surface area contributed by atoms with E-state index in [1.165, 1.54) is 6.20 Å². The van der Waals surface area contributed by atoms with E-state index in [2.05, 4.69) is 10.3 Å². The number of amides is 1. The molecule has 2 N–H and O–H groups in total. The molecule has 3 rings (SSSR count). The first kappa shape index (κ1) is 18.8. The average molecular weight is 370 g/mol. The van der Waals surface area contributed by atoms with E-state index in [1.54, 1.807) is 12.1 Å². The predicted molar refractivity (Wildman–Crippen MR) is 97.5 cm³/mol. The van der Waals surface area contributed by atoms with Crippen LogP contribution in [0.4, 0.5) is 0 Å². The van der Waals surface area contributed by atoms with Gasteiger partial charge in [0, 0.05) is 25.5 Å². The van der Waals surface area contributed by atoms with Gasteiger partial charge in [0.2, 0.25) is 5.88 Å². The molecular weight excluding hydrogens is 348 g/mol. The average Bonchev–Trinajstić information content (AvgIpc) is 2.67. The van der Waals surface area contributed by atoms with Crippen LogP contribution in [-0.4, -0.2) is 40.7 Å². The lowest BCUT2D eigenvalue weighted by Crippen LogP contribution is -2.53. The van der Waals surface area contributed by atoms with E-state index in [0.29, 0.717) is 44.1 Å². The van der Waals surface area contributed by atoms with Crippen molar-refractivity contribution < 1.29 is 24.2 Å². The second-order valence-electron chi connectivity index (χ2n) is 6.58. The molecule has 1 aromatic carbocycles. The molecule has 0 unspecified atom stereocenters. The van der Waals surface area contributed by atoms with Crippen molar-refractivity contribution in [2.75, 3.05) is 13.2 Å². The zero-order valence-corrected chi connectivity index (χ0v) is 14.9. The molecular formula is C20H22N2O5. The molecule has 0 atom stereocenters. The van der Waals surface area contributed by atoms with E-state index >= 15 is 0 Å². The molecule has 1 aromatic heterocycles. The van der Waals surface area contributed by atoms with E-state index in [1.807, 2.05) is 30.3 Å². The highest BCUT2D eigenvalue weighted by molar-refractivity contribution is 5.94. The molecule has 1 fully saturated rings. The molecule has 1 amide bonds. The number of carbonyl (C=O) groups is 2. The summed E-state index contributed by atoms with van der Waals surface area (Å²) in [5.74, 6) is -0.873. The van der Waals surface area contributed by atoms with Crippen molar-refractivity contribution in [3.8, 4) is 5.88 Å². The molecule has 2 aromatic rings. The Kier molecular flexibility index (Phi) is 6.03. The van der Waals surface area contributed by atoms with Crippen LogP contribution < -0.4 is 10.1 Å². The van der Waals surface area contributed by atoms with Gasteiger partial charge in [0.25, 0.3) is 5.91 Å². The van der Waals surface area contributed by atoms with Gasteiger partial charge in [-0.15, -0.1) is 0 Å². The van der Waals surface area contributed by atoms with E-state index in [9.17, 15) is 14.7 Å². The minimum atomic E-state index is -0.944. The van der Waals surface area contributed by atoms with E-state index < -0.39 is 11.5 Å². The molecule has 0 spiro atoms. The number of rotatable bonds is 7. The van der Waals surface area contributed by atoms with E-state index in [4.69, 9.17) is 9.47 Å². The van der Waals surface area contributed by atoms with E-state index in [-0.39, 0.29) is 12.3 Å². The Labute approximate surface area is 157 Å². The summed E-state index contributed by atoms with van der Waals surface area (Å²) in [4.78, 5) is 27.9. The van der Waals surface area contributed by atoms with Gasteiger partial charge in [0.05, 0.1) is 17.5 Å². The van der Waals surface area contributed by atoms with Crippen LogP contribution in [0.3, 0.4) is 0 Å². The predicted octanol–water partition coefficient (Wildman–Crippen LogP) is 2.41. The number of carbonyl (C=O) groups excluding carboxylic acids is 1. The molecule has 142 valence electrons. The van der Waals surface area contributed by atoms with Crippen LogP contribution in [0.2, 0.25) is 0 Å². The lowest BCUT2D eigenvalue weighted by Gasteiger charge is -2.36. The molecule has 7 nitrogen and oxygen atoms in total. The van der Waals surface area contributed by atoms with Gasteiger partial charge in [-0.1, -0.05) is 30.3 Å². The first-order chi connectivity index (χ1) is 13.1. The summed E-state index contributed by atoms with van der Waals surface area (Å²) in [5, 5.41) is 12.1. The number of ether oxygens (including phenoxy) is 2. The number of nitrogens with zero attached hydrogens (tertiary/aromatic N) is 1. The monoisotopic (exact) mass is 370 g/mol. The molecule has 0 aliphatic carbocycles. The molecule has 1 aliphatic heterocycles. The van der Waals surface area contributed by atoms with Crippen LogP contribution in [0.1, 0.15) is 35.2 Å². The third-order valence-electron chi connectivity index (χ3n) is 4.55. The highest BCUT2D eigenvalue weighted by Crippen LogP contribution is 2.25. The van der Waals surface area contributed by atoms with Crippen LogP contribution in [0.15, 0.2) is 48.7 Å². The van der Waals surface area contributed by atoms with Crippen molar-refractivity contribution in [1.29, 1.82) is 0 Å². The first-order valence-corrected chi connectivity index (χ1v) is 8.81. The van der Waals surface area contributed by atoms with Gasteiger partial charge in [-0.3, -0.25) is 9.59 Å². The van der Waals surface area contributed by atoms with Crippen molar-refractivity contribution >= 4 is 11.9 Å². The zero-order chi connectivity index (χ0) is 19.1. The third-order valence-corrected chi connectivity index (χ3v) is 4.55. The lowest BCUT2D eigenvalue weighted by molar-refractivity contribution is -0.139. The van der Waals surface area contributed by atoms with Crippen LogP contribution in [0.25, 0.3) is 0 Å². The van der Waals surface area contributed by atoms with Crippen molar-refractivity contribution in [3.05, 3.63) is 59.8 Å². The number of nitrogens with one attached hydrogen (secondary N) is 1. The van der Waals surface area contributed by atoms with Crippen LogP contribution in [-0.2, 0) is 16.1 Å². The maximum atomic E-state index is 12.6. The fourth-order valence-electron chi connectivity index (χ4n) is 3.04. The fourth-order valence-corrected chi connectivity index (χ4v) is 3.04. The molecule has 2 heterocycles. The SMILES string of the molecule is O=C(O)CC1(NC(=O)c2ccc(OCc3ccccc3)nc2)CCOCC1. The third kappa shape index (κ3) is 5.27. The van der Waals surface area contributed by atoms with Gasteiger partial charge in [0.1, 0.15) is 6.61 Å². The Balaban J connectivity index is 1.61. The molecule has 0 radical (unpaired) electrons. The number of benzene rings is 1. The Bertz CT molecular complexity index is 771.